The van der Waals surface area contributed by atoms with Crippen LogP contribution in [0.1, 0.15) is 38.3 Å². The molecule has 0 aliphatic rings. The molecule has 9 heteroatoms. The monoisotopic (exact) mass is 477 g/mol. The topological polar surface area (TPSA) is 86.8 Å². The van der Waals surface area contributed by atoms with Crippen LogP contribution in [0, 0.1) is 5.82 Å². The second-order valence-corrected chi connectivity index (χ2v) is 9.74. The fourth-order valence-corrected chi connectivity index (χ4v) is 4.32. The van der Waals surface area contributed by atoms with E-state index in [-0.39, 0.29) is 18.0 Å². The number of sulfonamides is 1. The van der Waals surface area contributed by atoms with E-state index < -0.39 is 34.3 Å². The normalized spacial score (nSPS) is 12.2. The van der Waals surface area contributed by atoms with Crippen molar-refractivity contribution >= 4 is 27.5 Å². The maximum Gasteiger partial charge on any atom is 0.244 e. The van der Waals surface area contributed by atoms with Crippen LogP contribution in [-0.4, -0.2) is 50.5 Å². The van der Waals surface area contributed by atoms with Crippen molar-refractivity contribution in [2.24, 2.45) is 0 Å². The molecule has 1 atom stereocenters. The Labute approximate surface area is 195 Å². The zero-order valence-electron chi connectivity index (χ0n) is 19.5. The first-order valence-corrected chi connectivity index (χ1v) is 12.8. The average Bonchev–Trinajstić information content (AvgIpc) is 2.79. The van der Waals surface area contributed by atoms with Crippen molar-refractivity contribution in [3.05, 3.63) is 65.5 Å². The molecule has 0 aliphatic carbocycles. The second kappa shape index (κ2) is 11.8. The molecule has 0 bridgehead atoms. The Bertz CT molecular complexity index is 1070. The van der Waals surface area contributed by atoms with Crippen LogP contribution in [0.4, 0.5) is 10.1 Å². The highest BCUT2D eigenvalue weighted by Crippen LogP contribution is 2.24. The van der Waals surface area contributed by atoms with Crippen LogP contribution in [-0.2, 0) is 32.6 Å². The van der Waals surface area contributed by atoms with Gasteiger partial charge in [-0.25, -0.2) is 12.8 Å². The molecule has 0 heterocycles. The first kappa shape index (κ1) is 26.3. The number of rotatable bonds is 11. The number of para-hydroxylation sites is 1. The number of amides is 2. The van der Waals surface area contributed by atoms with Gasteiger partial charge in [-0.3, -0.25) is 13.9 Å². The summed E-state index contributed by atoms with van der Waals surface area (Å²) in [6, 6.07) is 12.0. The van der Waals surface area contributed by atoms with Crippen molar-refractivity contribution in [1.82, 2.24) is 10.2 Å². The van der Waals surface area contributed by atoms with Crippen LogP contribution >= 0.6 is 0 Å². The summed E-state index contributed by atoms with van der Waals surface area (Å²) in [6.45, 7) is 5.11. The third kappa shape index (κ3) is 7.02. The predicted molar refractivity (Wildman–Crippen MR) is 128 cm³/mol. The van der Waals surface area contributed by atoms with Crippen LogP contribution in [0.25, 0.3) is 0 Å². The quantitative estimate of drug-likeness (QED) is 0.539. The van der Waals surface area contributed by atoms with E-state index in [1.807, 2.05) is 13.8 Å². The number of hydrogen-bond acceptors (Lipinski definition) is 4. The van der Waals surface area contributed by atoms with Crippen molar-refractivity contribution in [3.63, 3.8) is 0 Å². The molecule has 33 heavy (non-hydrogen) atoms. The largest absolute Gasteiger partial charge is 0.354 e. The lowest BCUT2D eigenvalue weighted by atomic mass is 10.1. The molecule has 0 radical (unpaired) electrons. The van der Waals surface area contributed by atoms with Crippen molar-refractivity contribution in [2.75, 3.05) is 23.7 Å². The molecule has 1 N–H and O–H groups in total. The molecule has 2 rings (SSSR count). The summed E-state index contributed by atoms with van der Waals surface area (Å²) in [5, 5.41) is 2.74. The number of nitrogens with one attached hydrogen (secondary N) is 1. The van der Waals surface area contributed by atoms with Crippen LogP contribution in [0.15, 0.2) is 48.5 Å². The van der Waals surface area contributed by atoms with Gasteiger partial charge in [-0.2, -0.15) is 0 Å². The van der Waals surface area contributed by atoms with Crippen molar-refractivity contribution in [1.29, 1.82) is 0 Å². The Hall–Kier alpha value is -2.94. The highest BCUT2D eigenvalue weighted by molar-refractivity contribution is 7.92. The van der Waals surface area contributed by atoms with E-state index >= 15 is 0 Å². The summed E-state index contributed by atoms with van der Waals surface area (Å²) in [4.78, 5) is 27.3. The van der Waals surface area contributed by atoms with E-state index in [0.717, 1.165) is 22.5 Å². The third-order valence-corrected chi connectivity index (χ3v) is 6.46. The zero-order valence-corrected chi connectivity index (χ0v) is 20.4. The number of carbonyl (C=O) groups excluding carboxylic acids is 2. The Morgan fingerprint density at radius 3 is 2.21 bits per heavy atom. The minimum atomic E-state index is -3.81. The van der Waals surface area contributed by atoms with E-state index in [4.69, 9.17) is 0 Å². The van der Waals surface area contributed by atoms with Gasteiger partial charge >= 0.3 is 0 Å². The van der Waals surface area contributed by atoms with E-state index in [0.29, 0.717) is 18.7 Å². The van der Waals surface area contributed by atoms with Crippen LogP contribution < -0.4 is 9.62 Å². The molecule has 1 unspecified atom stereocenters. The molecule has 2 amide bonds. The lowest BCUT2D eigenvalue weighted by molar-refractivity contribution is -0.139. The summed E-state index contributed by atoms with van der Waals surface area (Å²) in [7, 11) is -3.81. The van der Waals surface area contributed by atoms with E-state index in [2.05, 4.69) is 5.32 Å². The van der Waals surface area contributed by atoms with Gasteiger partial charge in [0.05, 0.1) is 11.9 Å². The molecule has 2 aromatic rings. The standard InChI is InChI=1S/C24H32FN3O4S/c1-5-15-26-24(30)18(3)27(16-20-12-7-9-13-21(20)25)23(29)17-28(33(4,31)32)22-14-10-8-11-19(22)6-2/h7-14,18H,5-6,15-17H2,1-4H3,(H,26,30). The number of anilines is 1. The summed E-state index contributed by atoms with van der Waals surface area (Å²) >= 11 is 0. The molecule has 0 saturated heterocycles. The highest BCUT2D eigenvalue weighted by Gasteiger charge is 2.31. The smallest absolute Gasteiger partial charge is 0.244 e. The fraction of sp³-hybridized carbons (Fsp3) is 0.417. The minimum absolute atomic E-state index is 0.167. The summed E-state index contributed by atoms with van der Waals surface area (Å²) < 4.78 is 40.7. The molecule has 0 aliphatic heterocycles. The van der Waals surface area contributed by atoms with Gasteiger partial charge in [0.25, 0.3) is 0 Å². The predicted octanol–water partition coefficient (Wildman–Crippen LogP) is 3.10. The summed E-state index contributed by atoms with van der Waals surface area (Å²) in [5.41, 5.74) is 1.41. The van der Waals surface area contributed by atoms with E-state index in [1.54, 1.807) is 37.3 Å². The van der Waals surface area contributed by atoms with Gasteiger partial charge in [-0.15, -0.1) is 0 Å². The molecular weight excluding hydrogens is 445 g/mol. The first-order valence-electron chi connectivity index (χ1n) is 11.0. The molecule has 2 aromatic carbocycles. The maximum absolute atomic E-state index is 14.4. The average molecular weight is 478 g/mol. The number of benzene rings is 2. The Balaban J connectivity index is 2.42. The SMILES string of the molecule is CCCNC(=O)C(C)N(Cc1ccccc1F)C(=O)CN(c1ccccc1CC)S(C)(=O)=O. The molecule has 0 saturated carbocycles. The lowest BCUT2D eigenvalue weighted by Crippen LogP contribution is -2.51. The molecule has 0 aromatic heterocycles. The number of halogens is 1. The summed E-state index contributed by atoms with van der Waals surface area (Å²) in [5.74, 6) is -1.50. The fourth-order valence-electron chi connectivity index (χ4n) is 3.44. The van der Waals surface area contributed by atoms with Crippen LogP contribution in [0.2, 0.25) is 0 Å². The van der Waals surface area contributed by atoms with Gasteiger partial charge in [0.1, 0.15) is 18.4 Å². The second-order valence-electron chi connectivity index (χ2n) is 7.83. The molecule has 180 valence electrons. The van der Waals surface area contributed by atoms with Crippen LogP contribution in [0.5, 0.6) is 0 Å². The number of hydrogen-bond donors (Lipinski definition) is 1. The van der Waals surface area contributed by atoms with Crippen LogP contribution in [0.3, 0.4) is 0 Å². The van der Waals surface area contributed by atoms with Gasteiger partial charge < -0.3 is 10.2 Å². The molecule has 0 fully saturated rings. The molecule has 7 nitrogen and oxygen atoms in total. The minimum Gasteiger partial charge on any atom is -0.354 e. The molecular formula is C24H32FN3O4S. The Kier molecular flexibility index (Phi) is 9.40. The molecule has 0 spiro atoms. The number of aryl methyl sites for hydroxylation is 1. The lowest BCUT2D eigenvalue weighted by Gasteiger charge is -2.32. The van der Waals surface area contributed by atoms with Gasteiger partial charge in [-0.1, -0.05) is 50.2 Å². The van der Waals surface area contributed by atoms with Gasteiger partial charge in [-0.05, 0) is 37.5 Å². The van der Waals surface area contributed by atoms with Crippen molar-refractivity contribution in [2.45, 2.75) is 46.2 Å². The van der Waals surface area contributed by atoms with Gasteiger partial charge in [0, 0.05) is 18.7 Å². The Morgan fingerprint density at radius 1 is 1.03 bits per heavy atom. The number of carbonyl (C=O) groups is 2. The zero-order chi connectivity index (χ0) is 24.6. The van der Waals surface area contributed by atoms with Crippen molar-refractivity contribution in [3.8, 4) is 0 Å². The van der Waals surface area contributed by atoms with Gasteiger partial charge in [0.15, 0.2) is 0 Å². The third-order valence-electron chi connectivity index (χ3n) is 5.34. The number of nitrogens with zero attached hydrogens (tertiary/aromatic N) is 2. The van der Waals surface area contributed by atoms with E-state index in [1.165, 1.54) is 23.1 Å². The van der Waals surface area contributed by atoms with Gasteiger partial charge in [0.2, 0.25) is 21.8 Å². The highest BCUT2D eigenvalue weighted by atomic mass is 32.2. The van der Waals surface area contributed by atoms with E-state index in [9.17, 15) is 22.4 Å². The Morgan fingerprint density at radius 2 is 1.64 bits per heavy atom. The summed E-state index contributed by atoms with van der Waals surface area (Å²) in [6.07, 6.45) is 2.33. The first-order chi connectivity index (χ1) is 15.6. The van der Waals surface area contributed by atoms with Crippen molar-refractivity contribution < 1.29 is 22.4 Å². The maximum atomic E-state index is 14.4.